The molecule has 5 heterocycles. The van der Waals surface area contributed by atoms with Crippen molar-refractivity contribution in [3.05, 3.63) is 67.0 Å². The molecule has 0 saturated heterocycles. The molecule has 6 rings (SSSR count). The fraction of sp³-hybridized carbons (Fsp3) is 0.179. The molecule has 2 N–H and O–H groups in total. The summed E-state index contributed by atoms with van der Waals surface area (Å²) in [6, 6.07) is 10.2. The van der Waals surface area contributed by atoms with E-state index in [-0.39, 0.29) is 0 Å². The fourth-order valence-electron chi connectivity index (χ4n) is 4.34. The maximum Gasteiger partial charge on any atom is 0.178 e. The van der Waals surface area contributed by atoms with Crippen molar-refractivity contribution in [1.82, 2.24) is 40.0 Å². The molecule has 6 aromatic rings. The Morgan fingerprint density at radius 1 is 0.974 bits per heavy atom. The number of methoxy groups -OCH3 is 1. The maximum atomic E-state index is 14.2. The molecule has 39 heavy (non-hydrogen) atoms. The van der Waals surface area contributed by atoms with Crippen molar-refractivity contribution in [3.63, 3.8) is 0 Å². The van der Waals surface area contributed by atoms with Crippen molar-refractivity contribution in [1.29, 1.82) is 0 Å². The van der Waals surface area contributed by atoms with Crippen LogP contribution in [-0.2, 0) is 0 Å². The minimum Gasteiger partial charge on any atom is -0.497 e. The number of aromatic nitrogens is 7. The van der Waals surface area contributed by atoms with E-state index in [1.165, 1.54) is 19.2 Å². The lowest BCUT2D eigenvalue weighted by Gasteiger charge is -2.11. The minimum absolute atomic E-state index is 0.394. The molecule has 0 saturated carbocycles. The molecule has 11 heteroatoms. The van der Waals surface area contributed by atoms with Crippen LogP contribution in [0.15, 0.2) is 61.2 Å². The standard InChI is InChI=1S/C28H25FN8O2/c1-37(2)6-7-39-20-10-17(13-30-14-20)23-12-22-24(15-32-23)35-36-26(22)28-33-25-21(4-5-31-27(25)34-28)16-8-18(29)11-19(9-16)38-3/h4-5,8-15H,6-7H2,1-3H3,(H,35,36)(H,31,33,34). The number of benzene rings is 1. The van der Waals surface area contributed by atoms with Crippen molar-refractivity contribution < 1.29 is 13.9 Å². The first-order chi connectivity index (χ1) is 19.0. The van der Waals surface area contributed by atoms with E-state index >= 15 is 0 Å². The second-order valence-corrected chi connectivity index (χ2v) is 9.27. The molecule has 0 amide bonds. The molecular weight excluding hydrogens is 499 g/mol. The molecule has 0 spiro atoms. The molecule has 196 valence electrons. The van der Waals surface area contributed by atoms with Crippen molar-refractivity contribution in [3.8, 4) is 45.4 Å². The molecule has 0 aliphatic rings. The number of nitrogens with one attached hydrogen (secondary N) is 2. The smallest absolute Gasteiger partial charge is 0.178 e. The molecule has 0 bridgehead atoms. The highest BCUT2D eigenvalue weighted by molar-refractivity contribution is 5.96. The summed E-state index contributed by atoms with van der Waals surface area (Å²) in [6.45, 7) is 1.36. The number of pyridine rings is 3. The largest absolute Gasteiger partial charge is 0.497 e. The van der Waals surface area contributed by atoms with E-state index in [9.17, 15) is 4.39 Å². The van der Waals surface area contributed by atoms with Gasteiger partial charge in [0.2, 0.25) is 0 Å². The molecule has 0 unspecified atom stereocenters. The van der Waals surface area contributed by atoms with E-state index in [1.54, 1.807) is 30.9 Å². The van der Waals surface area contributed by atoms with E-state index in [4.69, 9.17) is 14.5 Å². The third kappa shape index (κ3) is 4.87. The lowest BCUT2D eigenvalue weighted by molar-refractivity contribution is 0.261. The van der Waals surface area contributed by atoms with E-state index < -0.39 is 5.82 Å². The number of fused-ring (bicyclic) bond motifs is 2. The Kier molecular flexibility index (Phi) is 6.33. The number of rotatable bonds is 8. The SMILES string of the molecule is COc1cc(F)cc(-c2ccnc3nc(-c4n[nH]c5cnc(-c6cncc(OCCN(C)C)c6)cc45)[nH]c23)c1. The third-order valence-corrected chi connectivity index (χ3v) is 6.30. The minimum atomic E-state index is -0.394. The van der Waals surface area contributed by atoms with E-state index in [0.29, 0.717) is 46.4 Å². The summed E-state index contributed by atoms with van der Waals surface area (Å²) in [4.78, 5) is 23.4. The summed E-state index contributed by atoms with van der Waals surface area (Å²) < 4.78 is 25.3. The van der Waals surface area contributed by atoms with Gasteiger partial charge in [0.1, 0.15) is 29.6 Å². The average Bonchev–Trinajstić information content (AvgIpc) is 3.56. The number of likely N-dealkylation sites (N-methyl/N-ethyl adjacent to an activating group) is 1. The lowest BCUT2D eigenvalue weighted by atomic mass is 10.1. The zero-order chi connectivity index (χ0) is 26.9. The molecule has 0 radical (unpaired) electrons. The molecule has 0 aliphatic carbocycles. The number of H-pyrrole nitrogens is 2. The van der Waals surface area contributed by atoms with Gasteiger partial charge in [-0.1, -0.05) is 0 Å². The van der Waals surface area contributed by atoms with Gasteiger partial charge in [0.05, 0.1) is 36.2 Å². The van der Waals surface area contributed by atoms with E-state index in [0.717, 1.165) is 34.3 Å². The number of imidazole rings is 1. The first-order valence-corrected chi connectivity index (χ1v) is 12.3. The number of nitrogens with zero attached hydrogens (tertiary/aromatic N) is 6. The topological polar surface area (TPSA) is 118 Å². The van der Waals surface area contributed by atoms with Crippen molar-refractivity contribution in [2.45, 2.75) is 0 Å². The van der Waals surface area contributed by atoms with Crippen LogP contribution in [0.1, 0.15) is 0 Å². The van der Waals surface area contributed by atoms with Crippen LogP contribution in [0.2, 0.25) is 0 Å². The second-order valence-electron chi connectivity index (χ2n) is 9.27. The van der Waals surface area contributed by atoms with Crippen LogP contribution in [0, 0.1) is 5.82 Å². The Morgan fingerprint density at radius 2 is 1.85 bits per heavy atom. The van der Waals surface area contributed by atoms with Gasteiger partial charge < -0.3 is 19.4 Å². The molecule has 0 fully saturated rings. The molecule has 0 atom stereocenters. The highest BCUT2D eigenvalue weighted by Crippen LogP contribution is 2.33. The van der Waals surface area contributed by atoms with Crippen LogP contribution in [0.5, 0.6) is 11.5 Å². The van der Waals surface area contributed by atoms with Crippen LogP contribution >= 0.6 is 0 Å². The Balaban J connectivity index is 1.38. The second kappa shape index (κ2) is 10.1. The Hall–Kier alpha value is -4.90. The predicted molar refractivity (Wildman–Crippen MR) is 146 cm³/mol. The zero-order valence-electron chi connectivity index (χ0n) is 21.6. The Bertz CT molecular complexity index is 1800. The Labute approximate surface area is 222 Å². The zero-order valence-corrected chi connectivity index (χ0v) is 21.6. The molecule has 5 aromatic heterocycles. The number of hydrogen-bond donors (Lipinski definition) is 2. The summed E-state index contributed by atoms with van der Waals surface area (Å²) >= 11 is 0. The summed E-state index contributed by atoms with van der Waals surface area (Å²) in [5.41, 5.74) is 5.45. The molecule has 1 aromatic carbocycles. The molecular formula is C28H25FN8O2. The Morgan fingerprint density at radius 3 is 2.69 bits per heavy atom. The van der Waals surface area contributed by atoms with Gasteiger partial charge in [0.15, 0.2) is 11.5 Å². The number of ether oxygens (including phenoxy) is 2. The van der Waals surface area contributed by atoms with Crippen LogP contribution in [0.4, 0.5) is 4.39 Å². The van der Waals surface area contributed by atoms with Crippen molar-refractivity contribution in [2.75, 3.05) is 34.4 Å². The monoisotopic (exact) mass is 524 g/mol. The van der Waals surface area contributed by atoms with Crippen LogP contribution in [0.25, 0.3) is 56.0 Å². The first kappa shape index (κ1) is 24.4. The van der Waals surface area contributed by atoms with Gasteiger partial charge in [-0.05, 0) is 50.0 Å². The van der Waals surface area contributed by atoms with Crippen LogP contribution in [-0.4, -0.2) is 74.4 Å². The van der Waals surface area contributed by atoms with Gasteiger partial charge in [0, 0.05) is 41.5 Å². The van der Waals surface area contributed by atoms with Gasteiger partial charge in [-0.25, -0.2) is 14.4 Å². The van der Waals surface area contributed by atoms with Gasteiger partial charge >= 0.3 is 0 Å². The molecule has 10 nitrogen and oxygen atoms in total. The van der Waals surface area contributed by atoms with Crippen LogP contribution in [0.3, 0.4) is 0 Å². The van der Waals surface area contributed by atoms with Crippen LogP contribution < -0.4 is 9.47 Å². The summed E-state index contributed by atoms with van der Waals surface area (Å²) in [5, 5.41) is 8.35. The first-order valence-electron chi connectivity index (χ1n) is 12.3. The summed E-state index contributed by atoms with van der Waals surface area (Å²) in [7, 11) is 5.50. The third-order valence-electron chi connectivity index (χ3n) is 6.30. The van der Waals surface area contributed by atoms with E-state index in [2.05, 4.69) is 35.0 Å². The average molecular weight is 525 g/mol. The van der Waals surface area contributed by atoms with Gasteiger partial charge in [-0.3, -0.25) is 15.1 Å². The van der Waals surface area contributed by atoms with E-state index in [1.807, 2.05) is 32.3 Å². The summed E-state index contributed by atoms with van der Waals surface area (Å²) in [5.74, 6) is 1.23. The maximum absolute atomic E-state index is 14.2. The summed E-state index contributed by atoms with van der Waals surface area (Å²) in [6.07, 6.45) is 6.81. The van der Waals surface area contributed by atoms with Gasteiger partial charge in [0.25, 0.3) is 0 Å². The number of aromatic amines is 2. The fourth-order valence-corrected chi connectivity index (χ4v) is 4.34. The van der Waals surface area contributed by atoms with Crippen molar-refractivity contribution >= 4 is 22.1 Å². The normalized spacial score (nSPS) is 11.5. The number of hydrogen-bond acceptors (Lipinski definition) is 8. The number of halogens is 1. The molecule has 0 aliphatic heterocycles. The van der Waals surface area contributed by atoms with Gasteiger partial charge in [-0.15, -0.1) is 0 Å². The predicted octanol–water partition coefficient (Wildman–Crippen LogP) is 4.71. The lowest BCUT2D eigenvalue weighted by Crippen LogP contribution is -2.19. The highest BCUT2D eigenvalue weighted by Gasteiger charge is 2.17. The highest BCUT2D eigenvalue weighted by atomic mass is 19.1. The van der Waals surface area contributed by atoms with Crippen molar-refractivity contribution in [2.24, 2.45) is 0 Å². The van der Waals surface area contributed by atoms with Gasteiger partial charge in [-0.2, -0.15) is 5.10 Å². The quantitative estimate of drug-likeness (QED) is 0.294.